The van der Waals surface area contributed by atoms with Crippen LogP contribution >= 0.6 is 7.60 Å². The first-order chi connectivity index (χ1) is 15.5. The third-order valence-electron chi connectivity index (χ3n) is 4.76. The third kappa shape index (κ3) is 3.68. The molecule has 0 aromatic heterocycles. The highest BCUT2D eigenvalue weighted by molar-refractivity contribution is 7.60. The van der Waals surface area contributed by atoms with Gasteiger partial charge in [-0.2, -0.15) is 0 Å². The van der Waals surface area contributed by atoms with Crippen molar-refractivity contribution in [1.29, 1.82) is 0 Å². The third-order valence-corrected chi connectivity index (χ3v) is 5.72. The van der Waals surface area contributed by atoms with Crippen molar-refractivity contribution >= 4 is 42.7 Å². The number of rotatable bonds is 4. The smallest absolute Gasteiger partial charge is 0.449 e. The Morgan fingerprint density at radius 3 is 1.73 bits per heavy atom. The number of carbonyl (C=O) groups is 4. The van der Waals surface area contributed by atoms with Gasteiger partial charge in [-0.3, -0.25) is 14.2 Å². The van der Waals surface area contributed by atoms with Gasteiger partial charge in [-0.05, 0) is 24.3 Å². The lowest BCUT2D eigenvalue weighted by Gasteiger charge is -2.16. The zero-order valence-electron chi connectivity index (χ0n) is 16.2. The first-order valence-electron chi connectivity index (χ1n) is 8.96. The van der Waals surface area contributed by atoms with Gasteiger partial charge >= 0.3 is 19.9 Å². The number of fused-ring (bicyclic) bond motifs is 2. The van der Waals surface area contributed by atoms with Crippen molar-refractivity contribution in [2.24, 2.45) is 0 Å². The Labute approximate surface area is 183 Å². The van der Waals surface area contributed by atoms with Gasteiger partial charge in [-0.25, -0.2) is 14.5 Å². The van der Waals surface area contributed by atoms with Gasteiger partial charge in [0.1, 0.15) is 5.69 Å². The van der Waals surface area contributed by atoms with E-state index in [1.807, 2.05) is 0 Å². The second-order valence-corrected chi connectivity index (χ2v) is 8.30. The predicted octanol–water partition coefficient (Wildman–Crippen LogP) is 2.51. The molecule has 168 valence electrons. The van der Waals surface area contributed by atoms with E-state index < -0.39 is 54.2 Å². The number of hydrogen-bond acceptors (Lipinski definition) is 7. The molecule has 4 rings (SSSR count). The molecule has 0 unspecified atom stereocenters. The van der Waals surface area contributed by atoms with E-state index in [1.165, 1.54) is 30.3 Å². The van der Waals surface area contributed by atoms with Crippen molar-refractivity contribution in [3.8, 4) is 22.6 Å². The summed E-state index contributed by atoms with van der Waals surface area (Å²) in [5.41, 5.74) is -1.19. The van der Waals surface area contributed by atoms with E-state index in [0.717, 1.165) is 18.2 Å². The molecule has 1 heterocycles. The van der Waals surface area contributed by atoms with Crippen molar-refractivity contribution in [2.75, 3.05) is 4.90 Å². The molecule has 0 spiro atoms. The summed E-state index contributed by atoms with van der Waals surface area (Å²) >= 11 is 0. The van der Waals surface area contributed by atoms with Crippen molar-refractivity contribution in [3.63, 3.8) is 0 Å². The highest BCUT2D eigenvalue weighted by Gasteiger charge is 2.43. The second-order valence-electron chi connectivity index (χ2n) is 6.70. The maximum absolute atomic E-state index is 13.0. The Balaban J connectivity index is 2.09. The van der Waals surface area contributed by atoms with Crippen LogP contribution < -0.4 is 19.7 Å². The van der Waals surface area contributed by atoms with Crippen LogP contribution in [-0.4, -0.2) is 44.1 Å². The molecule has 2 amide bonds. The quantitative estimate of drug-likeness (QED) is 0.248. The van der Waals surface area contributed by atoms with Gasteiger partial charge < -0.3 is 29.5 Å². The summed E-state index contributed by atoms with van der Waals surface area (Å²) in [6.45, 7) is 0. The monoisotopic (exact) mass is 473 g/mol. The number of anilines is 1. The number of carboxylic acid groups (broad SMARTS) is 2. The van der Waals surface area contributed by atoms with Crippen LogP contribution in [0.25, 0.3) is 11.1 Å². The van der Waals surface area contributed by atoms with Crippen LogP contribution in [0.5, 0.6) is 11.5 Å². The van der Waals surface area contributed by atoms with E-state index in [2.05, 4.69) is 0 Å². The van der Waals surface area contributed by atoms with Crippen molar-refractivity contribution in [2.45, 2.75) is 0 Å². The Bertz CT molecular complexity index is 1340. The molecule has 1 aliphatic heterocycles. The number of benzene rings is 1. The van der Waals surface area contributed by atoms with E-state index >= 15 is 0 Å². The SMILES string of the molecule is O=C(O)Oc1c2cccc(P(=O)(O)O)cc-2c(OC(=O)O)c1N1C(=O)c2ccccc2C1=O. The molecule has 4 N–H and O–H groups in total. The number of amides is 2. The van der Waals surface area contributed by atoms with Crippen molar-refractivity contribution in [1.82, 2.24) is 0 Å². The number of ether oxygens (including phenoxy) is 2. The lowest BCUT2D eigenvalue weighted by atomic mass is 10.1. The van der Waals surface area contributed by atoms with Crippen molar-refractivity contribution < 1.29 is 53.2 Å². The van der Waals surface area contributed by atoms with E-state index in [1.54, 1.807) is 0 Å². The molecule has 0 radical (unpaired) electrons. The Kier molecular flexibility index (Phi) is 5.13. The van der Waals surface area contributed by atoms with Crippen molar-refractivity contribution in [3.05, 3.63) is 59.7 Å². The molecule has 0 saturated heterocycles. The molecule has 33 heavy (non-hydrogen) atoms. The summed E-state index contributed by atoms with van der Waals surface area (Å²) in [5.74, 6) is -3.16. The van der Waals surface area contributed by atoms with Gasteiger partial charge in [0.25, 0.3) is 11.8 Å². The number of carbonyl (C=O) groups excluding carboxylic acids is 2. The molecule has 0 atom stereocenters. The molecule has 2 aliphatic carbocycles. The van der Waals surface area contributed by atoms with Gasteiger partial charge in [0.05, 0.1) is 16.4 Å². The van der Waals surface area contributed by atoms with Crippen LogP contribution in [0.3, 0.4) is 0 Å². The highest BCUT2D eigenvalue weighted by Crippen LogP contribution is 2.55. The average Bonchev–Trinajstić information content (AvgIpc) is 3.01. The predicted molar refractivity (Wildman–Crippen MR) is 110 cm³/mol. The van der Waals surface area contributed by atoms with Crippen LogP contribution in [0.1, 0.15) is 20.7 Å². The zero-order chi connectivity index (χ0) is 24.1. The summed E-state index contributed by atoms with van der Waals surface area (Å²) in [6, 6.07) is 9.89. The van der Waals surface area contributed by atoms with Crippen LogP contribution in [0.4, 0.5) is 15.3 Å². The first kappa shape index (κ1) is 22.0. The minimum atomic E-state index is -4.86. The van der Waals surface area contributed by atoms with Crippen LogP contribution in [-0.2, 0) is 4.57 Å². The standard InChI is InChI=1S/C20H12NO11P/c22-17-11-5-1-2-6-12(11)18(23)21(17)14-15(31-19(24)25)10-7-3-4-9(33(28,29)30)8-13(10)16(14)32-20(26)27/h1-8H,(H,24,25)(H,26,27)(H2,28,29,30). The van der Waals surface area contributed by atoms with E-state index in [0.29, 0.717) is 4.90 Å². The van der Waals surface area contributed by atoms with Gasteiger partial charge in [0.15, 0.2) is 11.5 Å². The maximum atomic E-state index is 13.0. The molecule has 12 nitrogen and oxygen atoms in total. The first-order valence-corrected chi connectivity index (χ1v) is 10.6. The largest absolute Gasteiger partial charge is 0.511 e. The van der Waals surface area contributed by atoms with Gasteiger partial charge in [-0.15, -0.1) is 0 Å². The number of nitrogens with zero attached hydrogens (tertiary/aromatic N) is 1. The van der Waals surface area contributed by atoms with E-state index in [9.17, 15) is 43.7 Å². The second kappa shape index (κ2) is 7.71. The molecular formula is C20H12NO11P. The minimum Gasteiger partial charge on any atom is -0.449 e. The lowest BCUT2D eigenvalue weighted by Crippen LogP contribution is -2.30. The molecule has 0 bridgehead atoms. The van der Waals surface area contributed by atoms with Gasteiger partial charge in [0, 0.05) is 11.1 Å². The van der Waals surface area contributed by atoms with Gasteiger partial charge in [0.2, 0.25) is 0 Å². The molecular weight excluding hydrogens is 461 g/mol. The Hall–Kier alpha value is -4.25. The molecule has 1 aromatic rings. The normalized spacial score (nSPS) is 13.2. The van der Waals surface area contributed by atoms with E-state index in [-0.39, 0.29) is 22.3 Å². The molecule has 1 aromatic carbocycles. The van der Waals surface area contributed by atoms with Crippen LogP contribution in [0.15, 0.2) is 48.5 Å². The summed E-state index contributed by atoms with van der Waals surface area (Å²) in [7, 11) is -4.86. The Morgan fingerprint density at radius 1 is 0.758 bits per heavy atom. The molecule has 0 fully saturated rings. The maximum Gasteiger partial charge on any atom is 0.511 e. The lowest BCUT2D eigenvalue weighted by molar-refractivity contribution is 0.0919. The van der Waals surface area contributed by atoms with Gasteiger partial charge in [-0.1, -0.05) is 24.3 Å². The topological polar surface area (TPSA) is 188 Å². The number of imide groups is 1. The Morgan fingerprint density at radius 2 is 1.24 bits per heavy atom. The highest BCUT2D eigenvalue weighted by atomic mass is 31.2. The zero-order valence-corrected chi connectivity index (χ0v) is 17.1. The summed E-state index contributed by atoms with van der Waals surface area (Å²) in [6.07, 6.45) is -3.76. The summed E-state index contributed by atoms with van der Waals surface area (Å²) in [4.78, 5) is 68.5. The fourth-order valence-electron chi connectivity index (χ4n) is 3.51. The fourth-order valence-corrected chi connectivity index (χ4v) is 4.09. The van der Waals surface area contributed by atoms with E-state index in [4.69, 9.17) is 9.47 Å². The summed E-state index contributed by atoms with van der Waals surface area (Å²) < 4.78 is 21.4. The summed E-state index contributed by atoms with van der Waals surface area (Å²) in [5, 5.41) is 17.9. The molecule has 0 saturated carbocycles. The van der Waals surface area contributed by atoms with Crippen LogP contribution in [0.2, 0.25) is 0 Å². The minimum absolute atomic E-state index is 0.0308. The van der Waals surface area contributed by atoms with Crippen LogP contribution in [0, 0.1) is 0 Å². The number of hydrogen-bond donors (Lipinski definition) is 4. The average molecular weight is 473 g/mol. The molecule has 13 heteroatoms. The molecule has 3 aliphatic rings. The fraction of sp³-hybridized carbons (Fsp3) is 0.